The molecule has 0 aliphatic heterocycles. The molecule has 8 nitrogen and oxygen atoms in total. The maximum absolute atomic E-state index is 12.8. The lowest BCUT2D eigenvalue weighted by Gasteiger charge is -2.07. The molecule has 0 saturated carbocycles. The van der Waals surface area contributed by atoms with Crippen LogP contribution in [0.15, 0.2) is 65.6 Å². The van der Waals surface area contributed by atoms with Crippen molar-refractivity contribution in [2.24, 2.45) is 0 Å². The maximum Gasteiger partial charge on any atom is 0.350 e. The molecule has 4 aromatic rings. The molecule has 0 saturated heterocycles. The number of hydrogen-bond donors (Lipinski definition) is 2. The van der Waals surface area contributed by atoms with E-state index in [9.17, 15) is 14.4 Å². The van der Waals surface area contributed by atoms with E-state index >= 15 is 0 Å². The summed E-state index contributed by atoms with van der Waals surface area (Å²) in [6.45, 7) is 5.59. The second-order valence-corrected chi connectivity index (χ2v) is 7.83. The first-order valence-electron chi connectivity index (χ1n) is 10.1. The molecular formula is C24H23N5O3. The number of carbonyl (C=O) groups is 2. The summed E-state index contributed by atoms with van der Waals surface area (Å²) >= 11 is 0. The Kier molecular flexibility index (Phi) is 5.59. The summed E-state index contributed by atoms with van der Waals surface area (Å²) in [7, 11) is 0. The van der Waals surface area contributed by atoms with Gasteiger partial charge in [0.25, 0.3) is 5.91 Å². The average molecular weight is 429 g/mol. The van der Waals surface area contributed by atoms with E-state index in [-0.39, 0.29) is 18.4 Å². The van der Waals surface area contributed by atoms with E-state index in [0.29, 0.717) is 22.6 Å². The highest BCUT2D eigenvalue weighted by Gasteiger charge is 2.14. The summed E-state index contributed by atoms with van der Waals surface area (Å²) in [6, 6.07) is 16.3. The van der Waals surface area contributed by atoms with Crippen molar-refractivity contribution < 1.29 is 9.59 Å². The number of benzene rings is 2. The van der Waals surface area contributed by atoms with Crippen LogP contribution in [0.25, 0.3) is 5.65 Å². The summed E-state index contributed by atoms with van der Waals surface area (Å²) in [5.74, 6) is -0.706. The Bertz CT molecular complexity index is 1380. The number of anilines is 2. The molecule has 32 heavy (non-hydrogen) atoms. The van der Waals surface area contributed by atoms with Gasteiger partial charge in [-0.1, -0.05) is 18.2 Å². The van der Waals surface area contributed by atoms with Gasteiger partial charge in [-0.2, -0.15) is 0 Å². The first kappa shape index (κ1) is 21.0. The van der Waals surface area contributed by atoms with E-state index in [4.69, 9.17) is 0 Å². The second-order valence-electron chi connectivity index (χ2n) is 7.83. The fourth-order valence-electron chi connectivity index (χ4n) is 3.57. The van der Waals surface area contributed by atoms with Gasteiger partial charge in [-0.15, -0.1) is 5.10 Å². The van der Waals surface area contributed by atoms with Gasteiger partial charge in [0.05, 0.1) is 5.56 Å². The molecule has 2 aromatic heterocycles. The molecule has 0 fully saturated rings. The molecular weight excluding hydrogens is 406 g/mol. The molecule has 2 N–H and O–H groups in total. The fourth-order valence-corrected chi connectivity index (χ4v) is 3.57. The Morgan fingerprint density at radius 3 is 2.31 bits per heavy atom. The molecule has 2 aromatic carbocycles. The molecule has 8 heteroatoms. The lowest BCUT2D eigenvalue weighted by molar-refractivity contribution is -0.117. The normalized spacial score (nSPS) is 10.8. The molecule has 0 unspecified atom stereocenters. The largest absolute Gasteiger partial charge is 0.350 e. The summed E-state index contributed by atoms with van der Waals surface area (Å²) in [4.78, 5) is 37.8. The highest BCUT2D eigenvalue weighted by molar-refractivity contribution is 6.04. The van der Waals surface area contributed by atoms with Gasteiger partial charge in [0.1, 0.15) is 6.54 Å². The van der Waals surface area contributed by atoms with Crippen LogP contribution in [0.5, 0.6) is 0 Å². The van der Waals surface area contributed by atoms with Crippen molar-refractivity contribution in [3.63, 3.8) is 0 Å². The van der Waals surface area contributed by atoms with Crippen LogP contribution in [0.1, 0.15) is 27.0 Å². The van der Waals surface area contributed by atoms with E-state index in [2.05, 4.69) is 15.7 Å². The Labute approximate surface area is 184 Å². The molecule has 0 spiro atoms. The molecule has 0 radical (unpaired) electrons. The van der Waals surface area contributed by atoms with Crippen LogP contribution < -0.4 is 16.3 Å². The first-order chi connectivity index (χ1) is 15.3. The van der Waals surface area contributed by atoms with Crippen LogP contribution in [-0.4, -0.2) is 26.0 Å². The monoisotopic (exact) mass is 429 g/mol. The number of amides is 2. The van der Waals surface area contributed by atoms with Gasteiger partial charge in [0.15, 0.2) is 5.65 Å². The summed E-state index contributed by atoms with van der Waals surface area (Å²) in [5, 5.41) is 9.81. The Morgan fingerprint density at radius 2 is 1.59 bits per heavy atom. The smallest absolute Gasteiger partial charge is 0.324 e. The number of hydrogen-bond acceptors (Lipinski definition) is 4. The second kappa shape index (κ2) is 8.50. The zero-order valence-electron chi connectivity index (χ0n) is 18.0. The molecule has 162 valence electrons. The van der Waals surface area contributed by atoms with Crippen molar-refractivity contribution in [1.29, 1.82) is 0 Å². The number of aryl methyl sites for hydroxylation is 3. The molecule has 0 atom stereocenters. The van der Waals surface area contributed by atoms with E-state index in [1.165, 1.54) is 10.6 Å². The molecule has 0 bridgehead atoms. The average Bonchev–Trinajstić information content (AvgIpc) is 3.02. The Balaban J connectivity index is 1.53. The van der Waals surface area contributed by atoms with Crippen LogP contribution in [0.3, 0.4) is 0 Å². The van der Waals surface area contributed by atoms with Gasteiger partial charge < -0.3 is 10.6 Å². The van der Waals surface area contributed by atoms with Crippen LogP contribution in [0.2, 0.25) is 0 Å². The maximum atomic E-state index is 12.8. The predicted octanol–water partition coefficient (Wildman–Crippen LogP) is 3.31. The SMILES string of the molecule is Cc1cc(C)cc(NC(=O)Cn2nc3ccc(C(=O)Nc4cccc(C)c4)cn3c2=O)c1. The molecule has 0 aliphatic carbocycles. The fraction of sp³-hybridized carbons (Fsp3) is 0.167. The summed E-state index contributed by atoms with van der Waals surface area (Å²) in [5.41, 5.74) is 4.57. The van der Waals surface area contributed by atoms with Crippen LogP contribution in [-0.2, 0) is 11.3 Å². The van der Waals surface area contributed by atoms with Crippen LogP contribution in [0.4, 0.5) is 11.4 Å². The van der Waals surface area contributed by atoms with Crippen molar-refractivity contribution in [2.75, 3.05) is 10.6 Å². The van der Waals surface area contributed by atoms with Crippen LogP contribution in [0, 0.1) is 20.8 Å². The van der Waals surface area contributed by atoms with E-state index in [1.807, 2.05) is 57.2 Å². The minimum atomic E-state index is -0.499. The third kappa shape index (κ3) is 4.59. The molecule has 0 aliphatic rings. The number of pyridine rings is 1. The van der Waals surface area contributed by atoms with Gasteiger partial charge >= 0.3 is 5.69 Å². The number of nitrogens with one attached hydrogen (secondary N) is 2. The summed E-state index contributed by atoms with van der Waals surface area (Å²) in [6.07, 6.45) is 1.42. The lowest BCUT2D eigenvalue weighted by Crippen LogP contribution is -2.28. The first-order valence-corrected chi connectivity index (χ1v) is 10.1. The minimum Gasteiger partial charge on any atom is -0.324 e. The minimum absolute atomic E-state index is 0.238. The number of aromatic nitrogens is 3. The summed E-state index contributed by atoms with van der Waals surface area (Å²) < 4.78 is 2.34. The zero-order chi connectivity index (χ0) is 22.8. The quantitative estimate of drug-likeness (QED) is 0.509. The standard InChI is InChI=1S/C24H23N5O3/c1-15-5-4-6-19(10-15)26-23(31)18-7-8-21-27-29(24(32)28(21)13-18)14-22(30)25-20-11-16(2)9-17(3)12-20/h4-13H,14H2,1-3H3,(H,25,30)(H,26,31). The van der Waals surface area contributed by atoms with Crippen molar-refractivity contribution in [3.8, 4) is 0 Å². The van der Waals surface area contributed by atoms with Gasteiger partial charge in [-0.25, -0.2) is 13.9 Å². The van der Waals surface area contributed by atoms with Gasteiger partial charge in [-0.05, 0) is 73.9 Å². The third-order valence-electron chi connectivity index (χ3n) is 4.91. The molecule has 2 heterocycles. The zero-order valence-corrected chi connectivity index (χ0v) is 18.0. The van der Waals surface area contributed by atoms with Crippen molar-refractivity contribution >= 4 is 28.8 Å². The van der Waals surface area contributed by atoms with E-state index < -0.39 is 5.69 Å². The molecule has 2 amide bonds. The van der Waals surface area contributed by atoms with Crippen molar-refractivity contribution in [1.82, 2.24) is 14.2 Å². The van der Waals surface area contributed by atoms with Gasteiger partial charge in [0, 0.05) is 17.6 Å². The number of nitrogens with zero attached hydrogens (tertiary/aromatic N) is 3. The highest BCUT2D eigenvalue weighted by atomic mass is 16.2. The van der Waals surface area contributed by atoms with Crippen molar-refractivity contribution in [2.45, 2.75) is 27.3 Å². The molecule has 4 rings (SSSR count). The number of rotatable bonds is 5. The van der Waals surface area contributed by atoms with Gasteiger partial charge in [-0.3, -0.25) is 9.59 Å². The third-order valence-corrected chi connectivity index (χ3v) is 4.91. The van der Waals surface area contributed by atoms with E-state index in [1.54, 1.807) is 18.2 Å². The Hall–Kier alpha value is -4.20. The number of fused-ring (bicyclic) bond motifs is 1. The number of carbonyl (C=O) groups excluding carboxylic acids is 2. The highest BCUT2D eigenvalue weighted by Crippen LogP contribution is 2.14. The van der Waals surface area contributed by atoms with E-state index in [0.717, 1.165) is 21.4 Å². The Morgan fingerprint density at radius 1 is 0.875 bits per heavy atom. The lowest BCUT2D eigenvalue weighted by atomic mass is 10.1. The predicted molar refractivity (Wildman–Crippen MR) is 123 cm³/mol. The van der Waals surface area contributed by atoms with Crippen molar-refractivity contribution in [3.05, 3.63) is 93.5 Å². The topological polar surface area (TPSA) is 97.5 Å². The van der Waals surface area contributed by atoms with Gasteiger partial charge in [0.2, 0.25) is 5.91 Å². The van der Waals surface area contributed by atoms with Crippen LogP contribution >= 0.6 is 0 Å².